The standard InChI is InChI=1S/C24H31ClNO3P/c1-18(2)6-4-3-5-7-19-8-13-24(23(25)16-19)30(15-14-21(27)17-30)22-11-9-20(10-12-22)26(28)29/h8-13,16,18,30H,3-7,14-15,17H2,1-2H3. The Balaban J connectivity index is 1.81. The van der Waals surface area contributed by atoms with Gasteiger partial charge in [-0.1, -0.05) is 0 Å². The third kappa shape index (κ3) is 5.28. The zero-order valence-electron chi connectivity index (χ0n) is 17.8. The van der Waals surface area contributed by atoms with E-state index >= 15 is 0 Å². The number of hydrogen-bond acceptors (Lipinski definition) is 3. The molecule has 0 saturated carbocycles. The number of hydrogen-bond donors (Lipinski definition) is 0. The number of ketones is 1. The summed E-state index contributed by atoms with van der Waals surface area (Å²) < 4.78 is 0. The minimum absolute atomic E-state index is 0.0751. The van der Waals surface area contributed by atoms with Gasteiger partial charge in [-0.25, -0.2) is 0 Å². The van der Waals surface area contributed by atoms with Crippen LogP contribution in [0.2, 0.25) is 5.02 Å². The summed E-state index contributed by atoms with van der Waals surface area (Å²) in [5, 5.41) is 13.9. The number of carbonyl (C=O) groups excluding carboxylic acids is 1. The van der Waals surface area contributed by atoms with Crippen molar-refractivity contribution in [1.82, 2.24) is 0 Å². The van der Waals surface area contributed by atoms with Crippen molar-refractivity contribution in [2.75, 3.05) is 12.3 Å². The van der Waals surface area contributed by atoms with Gasteiger partial charge in [0.2, 0.25) is 0 Å². The van der Waals surface area contributed by atoms with Crippen molar-refractivity contribution in [3.63, 3.8) is 0 Å². The van der Waals surface area contributed by atoms with Crippen LogP contribution in [0, 0.1) is 16.0 Å². The molecule has 30 heavy (non-hydrogen) atoms. The summed E-state index contributed by atoms with van der Waals surface area (Å²) in [6.07, 6.45) is 7.86. The number of unbranched alkanes of at least 4 members (excludes halogenated alkanes) is 2. The van der Waals surface area contributed by atoms with E-state index in [1.165, 1.54) is 24.8 Å². The van der Waals surface area contributed by atoms with Crippen molar-refractivity contribution in [3.05, 3.63) is 63.2 Å². The van der Waals surface area contributed by atoms with Crippen LogP contribution in [0.5, 0.6) is 0 Å². The molecule has 0 N–H and O–H groups in total. The molecule has 6 heteroatoms. The molecule has 1 aliphatic rings. The molecule has 2 aromatic carbocycles. The van der Waals surface area contributed by atoms with Crippen LogP contribution in [-0.2, 0) is 11.2 Å². The molecule has 0 aromatic heterocycles. The molecule has 162 valence electrons. The maximum absolute atomic E-state index is 12.3. The van der Waals surface area contributed by atoms with Gasteiger partial charge in [0.1, 0.15) is 0 Å². The predicted octanol–water partition coefficient (Wildman–Crippen LogP) is 5.68. The first kappa shape index (κ1) is 22.9. The molecule has 4 nitrogen and oxygen atoms in total. The van der Waals surface area contributed by atoms with Crippen molar-refractivity contribution in [1.29, 1.82) is 0 Å². The van der Waals surface area contributed by atoms with Crippen LogP contribution in [0.4, 0.5) is 5.69 Å². The summed E-state index contributed by atoms with van der Waals surface area (Å²) in [6.45, 7) is 4.52. The van der Waals surface area contributed by atoms with Crippen molar-refractivity contribution in [3.8, 4) is 0 Å². The van der Waals surface area contributed by atoms with Crippen molar-refractivity contribution in [2.24, 2.45) is 5.92 Å². The number of non-ortho nitro benzene ring substituents is 1. The summed E-state index contributed by atoms with van der Waals surface area (Å²) in [4.78, 5) is 22.9. The van der Waals surface area contributed by atoms with E-state index in [1.54, 1.807) is 12.1 Å². The molecule has 0 amide bonds. The van der Waals surface area contributed by atoms with Crippen molar-refractivity contribution >= 4 is 40.9 Å². The Kier molecular flexibility index (Phi) is 7.65. The van der Waals surface area contributed by atoms with Gasteiger partial charge in [-0.3, -0.25) is 0 Å². The second-order valence-electron chi connectivity index (χ2n) is 8.91. The number of nitro groups is 1. The fourth-order valence-corrected chi connectivity index (χ4v) is 10.0. The van der Waals surface area contributed by atoms with Crippen molar-refractivity contribution < 1.29 is 9.72 Å². The topological polar surface area (TPSA) is 60.2 Å². The normalized spacial score (nSPS) is 16.7. The Morgan fingerprint density at radius 1 is 1.10 bits per heavy atom. The number of rotatable bonds is 9. The molecule has 3 rings (SSSR count). The number of Topliss-reactive ketones (excluding diaryl/α,β-unsaturated/α-hetero) is 1. The van der Waals surface area contributed by atoms with E-state index in [4.69, 9.17) is 11.6 Å². The summed E-state index contributed by atoms with van der Waals surface area (Å²) in [5.41, 5.74) is 1.32. The molecule has 0 unspecified atom stereocenters. The van der Waals surface area contributed by atoms with Gasteiger partial charge in [-0.15, -0.1) is 0 Å². The van der Waals surface area contributed by atoms with Gasteiger partial charge in [0.05, 0.1) is 0 Å². The molecule has 1 heterocycles. The van der Waals surface area contributed by atoms with E-state index in [0.717, 1.165) is 40.6 Å². The van der Waals surface area contributed by atoms with Crippen LogP contribution in [0.1, 0.15) is 51.5 Å². The zero-order chi connectivity index (χ0) is 21.7. The molecular formula is C24H31ClNO3P. The first-order valence-corrected chi connectivity index (χ1v) is 13.7. The molecule has 0 spiro atoms. The molecule has 0 atom stereocenters. The average molecular weight is 448 g/mol. The Morgan fingerprint density at radius 2 is 1.83 bits per heavy atom. The van der Waals surface area contributed by atoms with Gasteiger partial charge >= 0.3 is 184 Å². The van der Waals surface area contributed by atoms with Crippen LogP contribution in [0.3, 0.4) is 0 Å². The van der Waals surface area contributed by atoms with Gasteiger partial charge in [-0.05, 0) is 0 Å². The van der Waals surface area contributed by atoms with Crippen LogP contribution >= 0.6 is 18.9 Å². The SMILES string of the molecule is CC(C)CCCCCc1ccc([PH]2(c3ccc([N+](=O)[O-])cc3)CCC(=O)C2)c(Cl)c1. The molecule has 1 aliphatic heterocycles. The number of carbonyl (C=O) groups is 1. The molecular weight excluding hydrogens is 417 g/mol. The third-order valence-corrected chi connectivity index (χ3v) is 11.7. The number of nitrogens with zero attached hydrogens (tertiary/aromatic N) is 1. The second kappa shape index (κ2) is 10.0. The average Bonchev–Trinajstić information content (AvgIpc) is 3.10. The van der Waals surface area contributed by atoms with Gasteiger partial charge in [0.25, 0.3) is 0 Å². The summed E-state index contributed by atoms with van der Waals surface area (Å²) in [5.74, 6) is 1.03. The third-order valence-electron chi connectivity index (χ3n) is 6.26. The number of aryl methyl sites for hydroxylation is 1. The fourth-order valence-electron chi connectivity index (χ4n) is 4.56. The van der Waals surface area contributed by atoms with Crippen LogP contribution < -0.4 is 10.6 Å². The molecule has 1 fully saturated rings. The van der Waals surface area contributed by atoms with Crippen LogP contribution in [0.25, 0.3) is 0 Å². The van der Waals surface area contributed by atoms with E-state index < -0.39 is 7.26 Å². The molecule has 0 aliphatic carbocycles. The van der Waals surface area contributed by atoms with E-state index in [0.29, 0.717) is 12.6 Å². The number of halogens is 1. The maximum atomic E-state index is 12.3. The van der Waals surface area contributed by atoms with Crippen LogP contribution in [0.15, 0.2) is 42.5 Å². The Morgan fingerprint density at radius 3 is 2.40 bits per heavy atom. The van der Waals surface area contributed by atoms with Crippen LogP contribution in [-0.4, -0.2) is 23.0 Å². The Hall–Kier alpha value is -1.77. The minimum atomic E-state index is -2.33. The number of benzene rings is 2. The van der Waals surface area contributed by atoms with Gasteiger partial charge in [-0.2, -0.15) is 0 Å². The van der Waals surface area contributed by atoms with E-state index in [-0.39, 0.29) is 16.4 Å². The van der Waals surface area contributed by atoms with E-state index in [9.17, 15) is 14.9 Å². The van der Waals surface area contributed by atoms with Crippen molar-refractivity contribution in [2.45, 2.75) is 52.4 Å². The van der Waals surface area contributed by atoms with Gasteiger partial charge in [0, 0.05) is 0 Å². The van der Waals surface area contributed by atoms with Gasteiger partial charge < -0.3 is 0 Å². The molecule has 0 bridgehead atoms. The first-order valence-electron chi connectivity index (χ1n) is 10.9. The Bertz CT molecular complexity index is 913. The van der Waals surface area contributed by atoms with E-state index in [2.05, 4.69) is 32.0 Å². The number of nitro benzene ring substituents is 1. The molecule has 2 aromatic rings. The quantitative estimate of drug-likeness (QED) is 0.215. The molecule has 0 radical (unpaired) electrons. The van der Waals surface area contributed by atoms with E-state index in [1.807, 2.05) is 12.1 Å². The Labute approximate surface area is 184 Å². The summed E-state index contributed by atoms with van der Waals surface area (Å²) in [6, 6.07) is 13.1. The molecule has 1 saturated heterocycles. The predicted molar refractivity (Wildman–Crippen MR) is 128 cm³/mol. The fraction of sp³-hybridized carbons (Fsp3) is 0.458. The summed E-state index contributed by atoms with van der Waals surface area (Å²) in [7, 11) is -2.33. The van der Waals surface area contributed by atoms with Gasteiger partial charge in [0.15, 0.2) is 0 Å². The monoisotopic (exact) mass is 447 g/mol. The first-order chi connectivity index (χ1) is 14.3. The summed E-state index contributed by atoms with van der Waals surface area (Å²) >= 11 is 6.78. The zero-order valence-corrected chi connectivity index (χ0v) is 19.6. The second-order valence-corrected chi connectivity index (χ2v) is 13.4.